The minimum Gasteiger partial charge on any atom is -0.872 e. The Morgan fingerprint density at radius 3 is 2.21 bits per heavy atom. The zero-order chi connectivity index (χ0) is 17.9. The van der Waals surface area contributed by atoms with Gasteiger partial charge in [-0.25, -0.2) is 4.79 Å². The standard InChI is InChI=1S/C16H10O4.C3H8N/c17-10-6-7-11-12(8-10)15(18)14(16(19)20)13(11)9-4-2-1-3-5-9;1-3(2)4/h1-8,17H,(H,19,20);3-4H,1-2H3/q;-1/p-1. The molecular formula is C19H17NO4-2. The normalized spacial score (nSPS) is 12.8. The molecule has 0 spiro atoms. The van der Waals surface area contributed by atoms with Crippen molar-refractivity contribution in [3.05, 3.63) is 76.5 Å². The number of carbonyl (C=O) groups is 2. The van der Waals surface area contributed by atoms with E-state index in [1.165, 1.54) is 18.2 Å². The number of benzene rings is 2. The van der Waals surface area contributed by atoms with Crippen LogP contribution >= 0.6 is 0 Å². The van der Waals surface area contributed by atoms with Gasteiger partial charge in [0.15, 0.2) is 0 Å². The van der Waals surface area contributed by atoms with Gasteiger partial charge >= 0.3 is 5.97 Å². The van der Waals surface area contributed by atoms with Gasteiger partial charge in [-0.2, -0.15) is 0 Å². The molecule has 0 unspecified atom stereocenters. The molecule has 1 aliphatic carbocycles. The fraction of sp³-hybridized carbons (Fsp3) is 0.158. The largest absolute Gasteiger partial charge is 0.872 e. The van der Waals surface area contributed by atoms with Crippen molar-refractivity contribution < 1.29 is 19.8 Å². The fourth-order valence-electron chi connectivity index (χ4n) is 2.42. The van der Waals surface area contributed by atoms with E-state index in [9.17, 15) is 19.8 Å². The lowest BCUT2D eigenvalue weighted by molar-refractivity contribution is -0.268. The minimum absolute atomic E-state index is 0.0833. The molecule has 5 heteroatoms. The summed E-state index contributed by atoms with van der Waals surface area (Å²) in [6.45, 7) is 3.67. The van der Waals surface area contributed by atoms with Crippen LogP contribution < -0.4 is 5.11 Å². The highest BCUT2D eigenvalue weighted by Crippen LogP contribution is 2.38. The van der Waals surface area contributed by atoms with Crippen molar-refractivity contribution in [2.24, 2.45) is 0 Å². The Morgan fingerprint density at radius 2 is 1.67 bits per heavy atom. The Bertz CT molecular complexity index is 805. The van der Waals surface area contributed by atoms with Crippen molar-refractivity contribution in [3.8, 4) is 5.75 Å². The first-order valence-corrected chi connectivity index (χ1v) is 7.43. The number of carbonyl (C=O) groups excluding carboxylic acids is 1. The number of fused-ring (bicyclic) bond motifs is 1. The predicted molar refractivity (Wildman–Crippen MR) is 89.8 cm³/mol. The molecule has 0 heterocycles. The molecule has 0 atom stereocenters. The molecule has 0 bridgehead atoms. The van der Waals surface area contributed by atoms with Crippen LogP contribution in [0.2, 0.25) is 0 Å². The van der Waals surface area contributed by atoms with E-state index in [0.29, 0.717) is 16.7 Å². The summed E-state index contributed by atoms with van der Waals surface area (Å²) in [5.41, 5.74) is 7.98. The van der Waals surface area contributed by atoms with Crippen LogP contribution in [0.25, 0.3) is 11.3 Å². The Kier molecular flexibility index (Phi) is 5.16. The van der Waals surface area contributed by atoms with E-state index in [1.54, 1.807) is 24.3 Å². The quantitative estimate of drug-likeness (QED) is 0.857. The van der Waals surface area contributed by atoms with Crippen molar-refractivity contribution >= 4 is 17.3 Å². The third-order valence-corrected chi connectivity index (χ3v) is 3.26. The Morgan fingerprint density at radius 1 is 1.08 bits per heavy atom. The molecule has 3 rings (SSSR count). The van der Waals surface area contributed by atoms with Crippen molar-refractivity contribution in [2.75, 3.05) is 0 Å². The smallest absolute Gasteiger partial charge is 0.340 e. The van der Waals surface area contributed by atoms with E-state index in [0.717, 1.165) is 0 Å². The van der Waals surface area contributed by atoms with E-state index in [4.69, 9.17) is 5.73 Å². The topological polar surface area (TPSA) is 101 Å². The molecule has 24 heavy (non-hydrogen) atoms. The molecule has 0 amide bonds. The number of hydrogen-bond donors (Lipinski definition) is 1. The Hall–Kier alpha value is -2.92. The molecule has 0 saturated carbocycles. The molecule has 5 nitrogen and oxygen atoms in total. The van der Waals surface area contributed by atoms with Crippen LogP contribution in [-0.2, 0) is 4.79 Å². The summed E-state index contributed by atoms with van der Waals surface area (Å²) in [4.78, 5) is 23.6. The molecule has 0 saturated heterocycles. The summed E-state index contributed by atoms with van der Waals surface area (Å²) in [7, 11) is 0. The van der Waals surface area contributed by atoms with Crippen LogP contribution in [-0.4, -0.2) is 22.9 Å². The zero-order valence-corrected chi connectivity index (χ0v) is 13.4. The second-order valence-corrected chi connectivity index (χ2v) is 5.61. The number of ketones is 1. The second-order valence-electron chi connectivity index (χ2n) is 5.61. The van der Waals surface area contributed by atoms with Gasteiger partial charge < -0.3 is 15.9 Å². The van der Waals surface area contributed by atoms with Gasteiger partial charge in [-0.1, -0.05) is 62.4 Å². The lowest BCUT2D eigenvalue weighted by atomic mass is 9.97. The summed E-state index contributed by atoms with van der Waals surface area (Å²) in [6.07, 6.45) is 0. The van der Waals surface area contributed by atoms with E-state index < -0.39 is 11.8 Å². The third-order valence-electron chi connectivity index (χ3n) is 3.26. The van der Waals surface area contributed by atoms with Crippen LogP contribution in [0.1, 0.15) is 35.3 Å². The van der Waals surface area contributed by atoms with Gasteiger partial charge in [-0.15, -0.1) is 11.8 Å². The fourth-order valence-corrected chi connectivity index (χ4v) is 2.42. The Labute approximate surface area is 140 Å². The molecule has 1 aliphatic rings. The van der Waals surface area contributed by atoms with Gasteiger partial charge in [0.25, 0.3) is 0 Å². The number of nitrogens with one attached hydrogen (secondary N) is 1. The van der Waals surface area contributed by atoms with Gasteiger partial charge in [0, 0.05) is 11.1 Å². The second kappa shape index (κ2) is 7.10. The lowest BCUT2D eigenvalue weighted by Crippen LogP contribution is -2.09. The van der Waals surface area contributed by atoms with Crippen LogP contribution in [0.4, 0.5) is 0 Å². The van der Waals surface area contributed by atoms with Crippen molar-refractivity contribution in [2.45, 2.75) is 19.9 Å². The highest BCUT2D eigenvalue weighted by atomic mass is 16.4. The summed E-state index contributed by atoms with van der Waals surface area (Å²) in [5.74, 6) is -2.20. The van der Waals surface area contributed by atoms with Crippen LogP contribution in [0.3, 0.4) is 0 Å². The average Bonchev–Trinajstić information content (AvgIpc) is 2.80. The maximum absolute atomic E-state index is 12.2. The van der Waals surface area contributed by atoms with Gasteiger partial charge in [0.05, 0.1) is 0 Å². The maximum atomic E-state index is 12.2. The van der Waals surface area contributed by atoms with Gasteiger partial charge in [-0.3, -0.25) is 4.79 Å². The van der Waals surface area contributed by atoms with Crippen molar-refractivity contribution in [3.63, 3.8) is 0 Å². The number of Topliss-reactive ketones (excluding diaryl/α,β-unsaturated/α-hetero) is 1. The summed E-state index contributed by atoms with van der Waals surface area (Å²) in [6, 6.07) is 12.9. The minimum atomic E-state index is -1.28. The molecule has 0 aromatic heterocycles. The van der Waals surface area contributed by atoms with Crippen LogP contribution in [0, 0.1) is 0 Å². The van der Waals surface area contributed by atoms with Crippen LogP contribution in [0.5, 0.6) is 5.75 Å². The first kappa shape index (κ1) is 17.4. The summed E-state index contributed by atoms with van der Waals surface area (Å²) < 4.78 is 0. The van der Waals surface area contributed by atoms with E-state index in [2.05, 4.69) is 0 Å². The molecule has 124 valence electrons. The van der Waals surface area contributed by atoms with E-state index >= 15 is 0 Å². The van der Waals surface area contributed by atoms with Gasteiger partial charge in [0.2, 0.25) is 5.78 Å². The SMILES string of the molecule is CC(C)[NH-].O=C(O)C1=C(c2ccccc2)c2ccc([O-])cc2C1=O. The van der Waals surface area contributed by atoms with Crippen molar-refractivity contribution in [1.29, 1.82) is 0 Å². The number of carboxylic acid groups (broad SMARTS) is 1. The molecule has 0 radical (unpaired) electrons. The monoisotopic (exact) mass is 323 g/mol. The summed E-state index contributed by atoms with van der Waals surface area (Å²) in [5, 5.41) is 20.7. The molecule has 2 aromatic carbocycles. The molecular weight excluding hydrogens is 306 g/mol. The maximum Gasteiger partial charge on any atom is 0.340 e. The number of aliphatic carboxylic acids is 1. The van der Waals surface area contributed by atoms with Crippen molar-refractivity contribution in [1.82, 2.24) is 0 Å². The molecule has 2 aromatic rings. The molecule has 0 aliphatic heterocycles. The highest BCUT2D eigenvalue weighted by molar-refractivity contribution is 6.34. The average molecular weight is 323 g/mol. The zero-order valence-electron chi connectivity index (χ0n) is 13.4. The number of carboxylic acids is 1. The number of rotatable bonds is 2. The van der Waals surface area contributed by atoms with Crippen LogP contribution in [0.15, 0.2) is 54.1 Å². The Balaban J connectivity index is 0.000000471. The highest BCUT2D eigenvalue weighted by Gasteiger charge is 2.34. The first-order valence-electron chi connectivity index (χ1n) is 7.43. The first-order chi connectivity index (χ1) is 11.3. The van der Waals surface area contributed by atoms with E-state index in [-0.39, 0.29) is 22.9 Å². The molecule has 2 N–H and O–H groups in total. The summed E-state index contributed by atoms with van der Waals surface area (Å²) >= 11 is 0. The van der Waals surface area contributed by atoms with E-state index in [1.807, 2.05) is 19.9 Å². The van der Waals surface area contributed by atoms with Gasteiger partial charge in [-0.05, 0) is 11.1 Å². The third kappa shape index (κ3) is 3.52. The molecule has 0 fully saturated rings. The van der Waals surface area contributed by atoms with Gasteiger partial charge in [0.1, 0.15) is 5.57 Å². The number of hydrogen-bond acceptors (Lipinski definition) is 3. The lowest BCUT2D eigenvalue weighted by Gasteiger charge is -2.09. The predicted octanol–water partition coefficient (Wildman–Crippen LogP) is 3.29.